The maximum absolute atomic E-state index is 12.1. The van der Waals surface area contributed by atoms with Gasteiger partial charge in [-0.25, -0.2) is 4.98 Å². The molecule has 1 saturated carbocycles. The maximum Gasteiger partial charge on any atom is 0.309 e. The highest BCUT2D eigenvalue weighted by Gasteiger charge is 2.43. The first kappa shape index (κ1) is 20.3. The predicted molar refractivity (Wildman–Crippen MR) is 112 cm³/mol. The highest BCUT2D eigenvalue weighted by atomic mass is 32.2. The van der Waals surface area contributed by atoms with Crippen molar-refractivity contribution < 1.29 is 23.9 Å². The Morgan fingerprint density at radius 1 is 1.27 bits per heavy atom. The van der Waals surface area contributed by atoms with Crippen molar-refractivity contribution in [3.63, 3.8) is 0 Å². The number of carbonyl (C=O) groups excluding carboxylic acids is 1. The van der Waals surface area contributed by atoms with Gasteiger partial charge in [0, 0.05) is 32.7 Å². The fourth-order valence-electron chi connectivity index (χ4n) is 4.52. The molecule has 5 rings (SSSR count). The van der Waals surface area contributed by atoms with Crippen molar-refractivity contribution in [3.05, 3.63) is 5.69 Å². The van der Waals surface area contributed by atoms with E-state index in [2.05, 4.69) is 4.90 Å². The van der Waals surface area contributed by atoms with Gasteiger partial charge in [0.1, 0.15) is 11.8 Å². The fourth-order valence-corrected chi connectivity index (χ4v) is 5.93. The molecule has 3 fully saturated rings. The summed E-state index contributed by atoms with van der Waals surface area (Å²) in [6.07, 6.45) is 3.15. The van der Waals surface area contributed by atoms with Crippen LogP contribution in [0.1, 0.15) is 31.4 Å². The lowest BCUT2D eigenvalue weighted by Crippen LogP contribution is -2.55. The molecule has 4 heterocycles. The Hall–Kier alpha value is -1.62. The standard InChI is InChI=1S/C20H29N4O5S/c1-23(13-2-5-28-6-3-13)18-17-16(4-7-30(17)27)21-20(22-18)24-10-15(11-24)29-19(26)12-8-14(25)9-12/h12-15,25,27H,2-11H2,1H3/q+1. The molecule has 2 saturated heterocycles. The van der Waals surface area contributed by atoms with Crippen LogP contribution in [0, 0.1) is 5.92 Å². The molecule has 9 nitrogen and oxygen atoms in total. The van der Waals surface area contributed by atoms with Crippen LogP contribution in [-0.2, 0) is 31.9 Å². The maximum atomic E-state index is 12.1. The molecule has 164 valence electrons. The van der Waals surface area contributed by atoms with Gasteiger partial charge in [-0.1, -0.05) is 0 Å². The zero-order valence-corrected chi connectivity index (χ0v) is 18.0. The largest absolute Gasteiger partial charge is 0.458 e. The average molecular weight is 438 g/mol. The number of anilines is 2. The van der Waals surface area contributed by atoms with Crippen molar-refractivity contribution in [1.29, 1.82) is 0 Å². The van der Waals surface area contributed by atoms with E-state index in [4.69, 9.17) is 19.4 Å². The first-order chi connectivity index (χ1) is 14.5. The molecular weight excluding hydrogens is 408 g/mol. The number of hydrogen-bond acceptors (Lipinski definition) is 9. The molecule has 0 bridgehead atoms. The minimum absolute atomic E-state index is 0.156. The Morgan fingerprint density at radius 2 is 2.00 bits per heavy atom. The molecule has 10 heteroatoms. The molecule has 0 radical (unpaired) electrons. The smallest absolute Gasteiger partial charge is 0.309 e. The van der Waals surface area contributed by atoms with Crippen LogP contribution in [0.3, 0.4) is 0 Å². The average Bonchev–Trinajstić information content (AvgIpc) is 3.08. The van der Waals surface area contributed by atoms with Crippen molar-refractivity contribution in [1.82, 2.24) is 9.97 Å². The van der Waals surface area contributed by atoms with Crippen molar-refractivity contribution in [3.8, 4) is 0 Å². The van der Waals surface area contributed by atoms with Gasteiger partial charge in [0.05, 0.1) is 25.1 Å². The molecule has 0 aromatic carbocycles. The summed E-state index contributed by atoms with van der Waals surface area (Å²) in [7, 11) is 2.05. The highest BCUT2D eigenvalue weighted by Crippen LogP contribution is 2.37. The van der Waals surface area contributed by atoms with Crippen LogP contribution in [0.5, 0.6) is 0 Å². The molecule has 4 aliphatic rings. The Balaban J connectivity index is 1.29. The summed E-state index contributed by atoms with van der Waals surface area (Å²) in [4.78, 5) is 26.8. The number of hydrogen-bond donors (Lipinski definition) is 2. The van der Waals surface area contributed by atoms with Crippen LogP contribution in [0.15, 0.2) is 4.90 Å². The topological polar surface area (TPSA) is 108 Å². The van der Waals surface area contributed by atoms with E-state index in [1.54, 1.807) is 0 Å². The number of carbonyl (C=O) groups is 1. The molecular formula is C20H29N4O5S+. The Labute approximate surface area is 178 Å². The van der Waals surface area contributed by atoms with Crippen LogP contribution < -0.4 is 9.80 Å². The van der Waals surface area contributed by atoms with E-state index in [1.807, 2.05) is 11.9 Å². The normalized spacial score (nSPS) is 29.2. The van der Waals surface area contributed by atoms with Crippen LogP contribution in [0.4, 0.5) is 11.8 Å². The van der Waals surface area contributed by atoms with Gasteiger partial charge < -0.3 is 24.4 Å². The number of esters is 1. The van der Waals surface area contributed by atoms with Crippen LogP contribution in [-0.4, -0.2) is 83.0 Å². The second-order valence-corrected chi connectivity index (χ2v) is 10.2. The highest BCUT2D eigenvalue weighted by molar-refractivity contribution is 7.92. The third kappa shape index (κ3) is 3.74. The monoisotopic (exact) mass is 437 g/mol. The Bertz CT molecular complexity index is 809. The van der Waals surface area contributed by atoms with Crippen molar-refractivity contribution in [2.24, 2.45) is 5.92 Å². The third-order valence-corrected chi connectivity index (χ3v) is 8.09. The van der Waals surface area contributed by atoms with E-state index < -0.39 is 11.2 Å². The molecule has 1 aromatic rings. The van der Waals surface area contributed by atoms with Crippen molar-refractivity contribution >= 4 is 28.9 Å². The van der Waals surface area contributed by atoms with Crippen LogP contribution in [0.25, 0.3) is 0 Å². The van der Waals surface area contributed by atoms with Gasteiger partial charge in [0.25, 0.3) is 4.90 Å². The van der Waals surface area contributed by atoms with E-state index in [0.29, 0.717) is 43.7 Å². The van der Waals surface area contributed by atoms with E-state index in [1.165, 1.54) is 0 Å². The quantitative estimate of drug-likeness (QED) is 0.506. The van der Waals surface area contributed by atoms with Gasteiger partial charge in [-0.05, 0) is 25.7 Å². The van der Waals surface area contributed by atoms with Crippen LogP contribution >= 0.6 is 0 Å². The van der Waals surface area contributed by atoms with Gasteiger partial charge in [-0.3, -0.25) is 4.79 Å². The SMILES string of the molecule is CN(c1nc(N2CC(OC(=O)C3CC(O)C3)C2)nc2c1[S+](O)CC2)C1CCOCC1. The number of aliphatic hydroxyl groups excluding tert-OH is 1. The van der Waals surface area contributed by atoms with Gasteiger partial charge in [-0.2, -0.15) is 9.54 Å². The lowest BCUT2D eigenvalue weighted by Gasteiger charge is -2.40. The minimum atomic E-state index is -0.814. The zero-order chi connectivity index (χ0) is 20.8. The molecule has 1 aliphatic carbocycles. The molecule has 0 amide bonds. The van der Waals surface area contributed by atoms with E-state index >= 15 is 0 Å². The van der Waals surface area contributed by atoms with Crippen molar-refractivity contribution in [2.45, 2.75) is 55.2 Å². The molecule has 1 unspecified atom stereocenters. The van der Waals surface area contributed by atoms with Gasteiger partial charge in [0.2, 0.25) is 5.95 Å². The second kappa shape index (κ2) is 8.14. The molecule has 0 spiro atoms. The lowest BCUT2D eigenvalue weighted by atomic mass is 9.82. The van der Waals surface area contributed by atoms with Crippen molar-refractivity contribution in [2.75, 3.05) is 48.9 Å². The van der Waals surface area contributed by atoms with E-state index in [-0.39, 0.29) is 24.1 Å². The zero-order valence-electron chi connectivity index (χ0n) is 17.2. The fraction of sp³-hybridized carbons (Fsp3) is 0.750. The summed E-state index contributed by atoms with van der Waals surface area (Å²) in [6, 6.07) is 0.339. The van der Waals surface area contributed by atoms with E-state index in [9.17, 15) is 14.5 Å². The minimum Gasteiger partial charge on any atom is -0.458 e. The van der Waals surface area contributed by atoms with Crippen LogP contribution in [0.2, 0.25) is 0 Å². The first-order valence-corrected chi connectivity index (χ1v) is 12.1. The Kier molecular flexibility index (Phi) is 5.51. The summed E-state index contributed by atoms with van der Waals surface area (Å²) in [5.74, 6) is 1.81. The summed E-state index contributed by atoms with van der Waals surface area (Å²) in [5, 5.41) is 9.36. The number of aliphatic hydroxyl groups is 1. The Morgan fingerprint density at radius 3 is 2.70 bits per heavy atom. The summed E-state index contributed by atoms with van der Waals surface area (Å²) in [6.45, 7) is 2.64. The summed E-state index contributed by atoms with van der Waals surface area (Å²) >= 11 is -0.814. The number of ether oxygens (including phenoxy) is 2. The third-order valence-electron chi connectivity index (χ3n) is 6.61. The van der Waals surface area contributed by atoms with E-state index in [0.717, 1.165) is 48.9 Å². The molecule has 1 atom stereocenters. The number of fused-ring (bicyclic) bond motifs is 1. The summed E-state index contributed by atoms with van der Waals surface area (Å²) < 4.78 is 21.6. The number of rotatable bonds is 5. The molecule has 30 heavy (non-hydrogen) atoms. The van der Waals surface area contributed by atoms with Gasteiger partial charge >= 0.3 is 5.97 Å². The lowest BCUT2D eigenvalue weighted by molar-refractivity contribution is -0.162. The molecule has 3 aliphatic heterocycles. The second-order valence-electron chi connectivity index (χ2n) is 8.68. The van der Waals surface area contributed by atoms with Gasteiger partial charge in [0.15, 0.2) is 22.7 Å². The first-order valence-electron chi connectivity index (χ1n) is 10.7. The predicted octanol–water partition coefficient (Wildman–Crippen LogP) is 0.601. The number of nitrogens with zero attached hydrogens (tertiary/aromatic N) is 4. The molecule has 2 N–H and O–H groups in total. The summed E-state index contributed by atoms with van der Waals surface area (Å²) in [5.41, 5.74) is 0.934. The number of aromatic nitrogens is 2. The van der Waals surface area contributed by atoms with Gasteiger partial charge in [-0.15, -0.1) is 0 Å². The molecule has 1 aromatic heterocycles. The number of aryl methyl sites for hydroxylation is 1.